The molecular formula is C19H40N2. The second-order valence-corrected chi connectivity index (χ2v) is 6.81. The van der Waals surface area contributed by atoms with Crippen molar-refractivity contribution in [2.75, 3.05) is 19.6 Å². The van der Waals surface area contributed by atoms with Crippen molar-refractivity contribution in [3.05, 3.63) is 0 Å². The Bertz CT molecular complexity index is 250. The standard InChI is InChI=1S/C19H40N2/c1-6-16-20-18(17-14-12-11-13-15-17)19(7-2,8-3)21(9-4)10-5/h17-18,20H,6-16H2,1-5H3. The predicted octanol–water partition coefficient (Wildman–Crippen LogP) is 4.84. The van der Waals surface area contributed by atoms with Crippen molar-refractivity contribution in [3.8, 4) is 0 Å². The minimum Gasteiger partial charge on any atom is -0.312 e. The zero-order valence-electron chi connectivity index (χ0n) is 15.4. The van der Waals surface area contributed by atoms with E-state index in [1.54, 1.807) is 0 Å². The van der Waals surface area contributed by atoms with Crippen molar-refractivity contribution in [2.24, 2.45) is 5.92 Å². The fourth-order valence-corrected chi connectivity index (χ4v) is 4.75. The molecule has 1 fully saturated rings. The molecule has 0 aromatic heterocycles. The van der Waals surface area contributed by atoms with Crippen LogP contribution in [0.5, 0.6) is 0 Å². The second kappa shape index (κ2) is 9.84. The van der Waals surface area contributed by atoms with Gasteiger partial charge in [0, 0.05) is 11.6 Å². The van der Waals surface area contributed by atoms with Crippen LogP contribution in [-0.2, 0) is 0 Å². The van der Waals surface area contributed by atoms with Crippen LogP contribution < -0.4 is 5.32 Å². The summed E-state index contributed by atoms with van der Waals surface area (Å²) in [5.74, 6) is 0.880. The van der Waals surface area contributed by atoms with E-state index >= 15 is 0 Å². The molecule has 1 N–H and O–H groups in total. The number of likely N-dealkylation sites (N-methyl/N-ethyl adjacent to an activating group) is 1. The molecule has 1 aliphatic carbocycles. The first-order valence-electron chi connectivity index (χ1n) is 9.68. The lowest BCUT2D eigenvalue weighted by Crippen LogP contribution is -2.63. The normalized spacial score (nSPS) is 19.1. The molecule has 0 bridgehead atoms. The van der Waals surface area contributed by atoms with E-state index in [-0.39, 0.29) is 0 Å². The van der Waals surface area contributed by atoms with E-state index in [1.165, 1.54) is 71.0 Å². The molecule has 21 heavy (non-hydrogen) atoms. The summed E-state index contributed by atoms with van der Waals surface area (Å²) in [5.41, 5.74) is 0.348. The van der Waals surface area contributed by atoms with Gasteiger partial charge >= 0.3 is 0 Å². The highest BCUT2D eigenvalue weighted by Gasteiger charge is 2.43. The first-order valence-corrected chi connectivity index (χ1v) is 9.68. The monoisotopic (exact) mass is 296 g/mol. The van der Waals surface area contributed by atoms with Gasteiger partial charge in [0.1, 0.15) is 0 Å². The molecular weight excluding hydrogens is 256 g/mol. The van der Waals surface area contributed by atoms with Crippen LogP contribution in [0.25, 0.3) is 0 Å². The van der Waals surface area contributed by atoms with Gasteiger partial charge in [-0.2, -0.15) is 0 Å². The van der Waals surface area contributed by atoms with E-state index in [9.17, 15) is 0 Å². The van der Waals surface area contributed by atoms with Gasteiger partial charge in [0.15, 0.2) is 0 Å². The second-order valence-electron chi connectivity index (χ2n) is 6.81. The van der Waals surface area contributed by atoms with E-state index in [4.69, 9.17) is 0 Å². The summed E-state index contributed by atoms with van der Waals surface area (Å²) < 4.78 is 0. The van der Waals surface area contributed by atoms with Crippen LogP contribution in [0.15, 0.2) is 0 Å². The highest BCUT2D eigenvalue weighted by atomic mass is 15.2. The Morgan fingerprint density at radius 2 is 1.52 bits per heavy atom. The maximum atomic E-state index is 3.99. The number of hydrogen-bond acceptors (Lipinski definition) is 2. The first-order chi connectivity index (χ1) is 10.2. The summed E-state index contributed by atoms with van der Waals surface area (Å²) in [6.45, 7) is 15.3. The quantitative estimate of drug-likeness (QED) is 0.621. The topological polar surface area (TPSA) is 15.3 Å². The van der Waals surface area contributed by atoms with Gasteiger partial charge in [0.25, 0.3) is 0 Å². The molecule has 0 saturated heterocycles. The van der Waals surface area contributed by atoms with Gasteiger partial charge in [-0.1, -0.05) is 53.9 Å². The lowest BCUT2D eigenvalue weighted by atomic mass is 9.71. The van der Waals surface area contributed by atoms with Crippen molar-refractivity contribution in [1.82, 2.24) is 10.2 Å². The predicted molar refractivity (Wildman–Crippen MR) is 94.9 cm³/mol. The summed E-state index contributed by atoms with van der Waals surface area (Å²) in [5, 5.41) is 3.99. The van der Waals surface area contributed by atoms with E-state index in [2.05, 4.69) is 44.8 Å². The summed E-state index contributed by atoms with van der Waals surface area (Å²) in [6.07, 6.45) is 11.0. The molecule has 1 saturated carbocycles. The average molecular weight is 297 g/mol. The molecule has 126 valence electrons. The molecule has 1 aliphatic rings. The molecule has 1 unspecified atom stereocenters. The number of hydrogen-bond donors (Lipinski definition) is 1. The number of nitrogens with one attached hydrogen (secondary N) is 1. The van der Waals surface area contributed by atoms with Gasteiger partial charge in [-0.25, -0.2) is 0 Å². The van der Waals surface area contributed by atoms with E-state index in [0.717, 1.165) is 5.92 Å². The summed E-state index contributed by atoms with van der Waals surface area (Å²) in [7, 11) is 0. The molecule has 1 atom stereocenters. The largest absolute Gasteiger partial charge is 0.312 e. The lowest BCUT2D eigenvalue weighted by Gasteiger charge is -2.51. The number of nitrogens with zero attached hydrogens (tertiary/aromatic N) is 1. The molecule has 0 radical (unpaired) electrons. The Balaban J connectivity index is 3.02. The fourth-order valence-electron chi connectivity index (χ4n) is 4.75. The fraction of sp³-hybridized carbons (Fsp3) is 1.00. The lowest BCUT2D eigenvalue weighted by molar-refractivity contribution is 0.0186. The Morgan fingerprint density at radius 3 is 1.95 bits per heavy atom. The Morgan fingerprint density at radius 1 is 0.952 bits per heavy atom. The van der Waals surface area contributed by atoms with E-state index < -0.39 is 0 Å². The first kappa shape index (κ1) is 19.0. The average Bonchev–Trinajstić information content (AvgIpc) is 2.55. The molecule has 0 amide bonds. The maximum Gasteiger partial charge on any atom is 0.0359 e. The van der Waals surface area contributed by atoms with Gasteiger partial charge in [0.05, 0.1) is 0 Å². The highest BCUT2D eigenvalue weighted by Crippen LogP contribution is 2.37. The molecule has 0 aromatic rings. The molecule has 1 rings (SSSR count). The van der Waals surface area contributed by atoms with Crippen LogP contribution in [0.4, 0.5) is 0 Å². The van der Waals surface area contributed by atoms with Crippen molar-refractivity contribution >= 4 is 0 Å². The van der Waals surface area contributed by atoms with Crippen LogP contribution in [0, 0.1) is 5.92 Å². The van der Waals surface area contributed by atoms with Crippen LogP contribution in [-0.4, -0.2) is 36.1 Å². The zero-order chi connectivity index (χ0) is 15.7. The smallest absolute Gasteiger partial charge is 0.0359 e. The van der Waals surface area contributed by atoms with Crippen LogP contribution in [0.3, 0.4) is 0 Å². The highest BCUT2D eigenvalue weighted by molar-refractivity contribution is 5.02. The van der Waals surface area contributed by atoms with Crippen molar-refractivity contribution in [2.45, 2.75) is 97.6 Å². The van der Waals surface area contributed by atoms with Crippen LogP contribution >= 0.6 is 0 Å². The minimum absolute atomic E-state index is 0.348. The molecule has 2 nitrogen and oxygen atoms in total. The molecule has 0 aromatic carbocycles. The zero-order valence-corrected chi connectivity index (χ0v) is 15.4. The Labute approximate surface area is 134 Å². The van der Waals surface area contributed by atoms with Gasteiger partial charge in [-0.15, -0.1) is 0 Å². The third-order valence-corrected chi connectivity index (χ3v) is 5.93. The van der Waals surface area contributed by atoms with Gasteiger partial charge in [0.2, 0.25) is 0 Å². The van der Waals surface area contributed by atoms with Crippen molar-refractivity contribution in [1.29, 1.82) is 0 Å². The SMILES string of the molecule is CCCNC(C1CCCCC1)C(CC)(CC)N(CC)CC. The van der Waals surface area contributed by atoms with Crippen molar-refractivity contribution < 1.29 is 0 Å². The summed E-state index contributed by atoms with van der Waals surface area (Å²) in [6, 6.07) is 0.674. The van der Waals surface area contributed by atoms with E-state index in [0.29, 0.717) is 11.6 Å². The minimum atomic E-state index is 0.348. The third-order valence-electron chi connectivity index (χ3n) is 5.93. The molecule has 0 spiro atoms. The third kappa shape index (κ3) is 4.45. The Kier molecular flexibility index (Phi) is 8.89. The van der Waals surface area contributed by atoms with E-state index in [1.807, 2.05) is 0 Å². The van der Waals surface area contributed by atoms with Gasteiger partial charge < -0.3 is 5.32 Å². The van der Waals surface area contributed by atoms with Gasteiger partial charge in [-0.3, -0.25) is 4.90 Å². The summed E-state index contributed by atoms with van der Waals surface area (Å²) >= 11 is 0. The molecule has 0 aliphatic heterocycles. The maximum absolute atomic E-state index is 3.99. The van der Waals surface area contributed by atoms with Gasteiger partial charge in [-0.05, 0) is 57.7 Å². The van der Waals surface area contributed by atoms with Crippen molar-refractivity contribution in [3.63, 3.8) is 0 Å². The molecule has 2 heteroatoms. The van der Waals surface area contributed by atoms with Crippen LogP contribution in [0.1, 0.15) is 86.0 Å². The molecule has 0 heterocycles. The summed E-state index contributed by atoms with van der Waals surface area (Å²) in [4.78, 5) is 2.74. The van der Waals surface area contributed by atoms with Crippen LogP contribution in [0.2, 0.25) is 0 Å². The Hall–Kier alpha value is -0.0800. The number of rotatable bonds is 10.